The molecule has 1 aromatic heterocycles. The lowest BCUT2D eigenvalue weighted by Gasteiger charge is -2.23. The van der Waals surface area contributed by atoms with Crippen LogP contribution in [0.25, 0.3) is 0 Å². The summed E-state index contributed by atoms with van der Waals surface area (Å²) in [6.07, 6.45) is 1.66. The highest BCUT2D eigenvalue weighted by atomic mass is 19.1. The number of ether oxygens (including phenoxy) is 1. The van der Waals surface area contributed by atoms with E-state index >= 15 is 0 Å². The highest BCUT2D eigenvalue weighted by Gasteiger charge is 2.31. The van der Waals surface area contributed by atoms with Crippen molar-refractivity contribution in [2.75, 3.05) is 18.6 Å². The molecule has 2 rings (SSSR count). The van der Waals surface area contributed by atoms with E-state index in [-0.39, 0.29) is 5.69 Å². The van der Waals surface area contributed by atoms with Crippen molar-refractivity contribution < 1.29 is 23.8 Å². The van der Waals surface area contributed by atoms with Gasteiger partial charge in [-0.2, -0.15) is 9.49 Å². The van der Waals surface area contributed by atoms with Gasteiger partial charge in [-0.05, 0) is 19.3 Å². The number of amides is 1. The van der Waals surface area contributed by atoms with Gasteiger partial charge in [0.25, 0.3) is 0 Å². The van der Waals surface area contributed by atoms with E-state index in [9.17, 15) is 14.0 Å². The molecule has 0 radical (unpaired) electrons. The second kappa shape index (κ2) is 5.58. The number of aromatic nitrogens is 2. The van der Waals surface area contributed by atoms with Crippen LogP contribution >= 0.6 is 0 Å². The molecule has 8 heteroatoms. The van der Waals surface area contributed by atoms with Gasteiger partial charge >= 0.3 is 5.97 Å². The first-order chi connectivity index (χ1) is 9.43. The second-order valence-electron chi connectivity index (χ2n) is 4.64. The minimum absolute atomic E-state index is 0.334. The Hall–Kier alpha value is -1.96. The summed E-state index contributed by atoms with van der Waals surface area (Å²) in [6.45, 7) is 1.70. The molecule has 1 atom stereocenters. The van der Waals surface area contributed by atoms with Crippen LogP contribution in [0.15, 0.2) is 0 Å². The zero-order valence-electron chi connectivity index (χ0n) is 11.3. The number of carbonyl (C=O) groups excluding carboxylic acids is 1. The van der Waals surface area contributed by atoms with E-state index in [2.05, 4.69) is 5.10 Å². The van der Waals surface area contributed by atoms with Crippen LogP contribution in [0.2, 0.25) is 0 Å². The number of hydrogen-bond acceptors (Lipinski definition) is 4. The van der Waals surface area contributed by atoms with Crippen molar-refractivity contribution in [3.63, 3.8) is 0 Å². The smallest absolute Gasteiger partial charge is 0.358 e. The van der Waals surface area contributed by atoms with Gasteiger partial charge in [-0.25, -0.2) is 9.48 Å². The first-order valence-electron chi connectivity index (χ1n) is 6.30. The molecule has 1 N–H and O–H groups in total. The van der Waals surface area contributed by atoms with Crippen LogP contribution in [0.5, 0.6) is 0 Å². The molecule has 0 aliphatic carbocycles. The summed E-state index contributed by atoms with van der Waals surface area (Å²) in [5.74, 6) is -2.73. The molecule has 1 aliphatic rings. The predicted octanol–water partition coefficient (Wildman–Crippen LogP) is 1.40. The Morgan fingerprint density at radius 1 is 1.50 bits per heavy atom. The summed E-state index contributed by atoms with van der Waals surface area (Å²) in [4.78, 5) is 23.5. The van der Waals surface area contributed by atoms with Gasteiger partial charge in [-0.15, -0.1) is 0 Å². The standard InChI is InChI=1S/C12H16FN3O4/c1-7(17)15(2)10-9(12(18)19)14-16(11(10)13)8-5-3-4-6-20-8/h8H,3-6H2,1-2H3,(H,18,19). The van der Waals surface area contributed by atoms with Crippen molar-refractivity contribution in [2.45, 2.75) is 32.4 Å². The zero-order valence-corrected chi connectivity index (χ0v) is 11.3. The lowest BCUT2D eigenvalue weighted by atomic mass is 10.2. The number of carboxylic acids is 1. The summed E-state index contributed by atoms with van der Waals surface area (Å²) in [7, 11) is 1.31. The first kappa shape index (κ1) is 14.4. The van der Waals surface area contributed by atoms with Gasteiger partial charge in [0.2, 0.25) is 11.9 Å². The summed E-state index contributed by atoms with van der Waals surface area (Å²) in [5, 5.41) is 12.9. The van der Waals surface area contributed by atoms with Crippen LogP contribution in [0.4, 0.5) is 10.1 Å². The number of rotatable bonds is 3. The summed E-state index contributed by atoms with van der Waals surface area (Å²) >= 11 is 0. The molecule has 110 valence electrons. The fraction of sp³-hybridized carbons (Fsp3) is 0.583. The van der Waals surface area contributed by atoms with E-state index in [1.165, 1.54) is 14.0 Å². The Kier molecular flexibility index (Phi) is 4.03. The van der Waals surface area contributed by atoms with Crippen molar-refractivity contribution in [3.05, 3.63) is 11.6 Å². The number of carboxylic acid groups (broad SMARTS) is 1. The first-order valence-corrected chi connectivity index (χ1v) is 6.30. The molecule has 1 fully saturated rings. The maximum absolute atomic E-state index is 14.4. The molecule has 0 saturated carbocycles. The van der Waals surface area contributed by atoms with Crippen molar-refractivity contribution >= 4 is 17.6 Å². The third-order valence-electron chi connectivity index (χ3n) is 3.27. The normalized spacial score (nSPS) is 18.9. The number of nitrogens with zero attached hydrogens (tertiary/aromatic N) is 3. The van der Waals surface area contributed by atoms with E-state index in [1.54, 1.807) is 0 Å². The van der Waals surface area contributed by atoms with Crippen molar-refractivity contribution in [1.82, 2.24) is 9.78 Å². The van der Waals surface area contributed by atoms with Crippen molar-refractivity contribution in [1.29, 1.82) is 0 Å². The predicted molar refractivity (Wildman–Crippen MR) is 67.1 cm³/mol. The lowest BCUT2D eigenvalue weighted by Crippen LogP contribution is -2.26. The molecule has 0 spiro atoms. The lowest BCUT2D eigenvalue weighted by molar-refractivity contribution is -0.116. The molecule has 0 bridgehead atoms. The van der Waals surface area contributed by atoms with Crippen LogP contribution in [-0.4, -0.2) is 40.4 Å². The maximum Gasteiger partial charge on any atom is 0.358 e. The Morgan fingerprint density at radius 2 is 2.20 bits per heavy atom. The SMILES string of the molecule is CC(=O)N(C)c1c(C(=O)O)nn(C2CCCCO2)c1F. The van der Waals surface area contributed by atoms with Gasteiger partial charge in [0.15, 0.2) is 11.9 Å². The van der Waals surface area contributed by atoms with E-state index in [1.807, 2.05) is 0 Å². The third kappa shape index (κ3) is 2.51. The number of hydrogen-bond donors (Lipinski definition) is 1. The number of halogens is 1. The van der Waals surface area contributed by atoms with E-state index in [0.717, 1.165) is 22.4 Å². The summed E-state index contributed by atoms with van der Waals surface area (Å²) in [5.41, 5.74) is -0.825. The van der Waals surface area contributed by atoms with E-state index in [4.69, 9.17) is 9.84 Å². The van der Waals surface area contributed by atoms with Gasteiger partial charge in [-0.3, -0.25) is 4.79 Å². The minimum Gasteiger partial charge on any atom is -0.476 e. The van der Waals surface area contributed by atoms with Crippen molar-refractivity contribution in [2.24, 2.45) is 0 Å². The number of carbonyl (C=O) groups is 2. The fourth-order valence-electron chi connectivity index (χ4n) is 2.11. The van der Waals surface area contributed by atoms with Crippen molar-refractivity contribution in [3.8, 4) is 0 Å². The van der Waals surface area contributed by atoms with Gasteiger partial charge < -0.3 is 14.7 Å². The highest BCUT2D eigenvalue weighted by Crippen LogP contribution is 2.29. The Bertz CT molecular complexity index is 537. The van der Waals surface area contributed by atoms with E-state index in [0.29, 0.717) is 13.0 Å². The monoisotopic (exact) mass is 285 g/mol. The number of anilines is 1. The molecular formula is C12H16FN3O4. The van der Waals surface area contributed by atoms with Gasteiger partial charge in [0.1, 0.15) is 5.69 Å². The minimum atomic E-state index is -1.39. The molecular weight excluding hydrogens is 269 g/mol. The molecule has 1 amide bonds. The molecule has 1 aromatic rings. The van der Waals surface area contributed by atoms with Crippen LogP contribution in [-0.2, 0) is 9.53 Å². The third-order valence-corrected chi connectivity index (χ3v) is 3.27. The average molecular weight is 285 g/mol. The largest absolute Gasteiger partial charge is 0.476 e. The highest BCUT2D eigenvalue weighted by molar-refractivity contribution is 5.99. The summed E-state index contributed by atoms with van der Waals surface area (Å²) < 4.78 is 20.7. The topological polar surface area (TPSA) is 84.7 Å². The van der Waals surface area contributed by atoms with Crippen LogP contribution in [0, 0.1) is 5.95 Å². The zero-order chi connectivity index (χ0) is 14.9. The average Bonchev–Trinajstić information content (AvgIpc) is 2.76. The molecule has 1 aliphatic heterocycles. The Labute approximate surface area is 114 Å². The second-order valence-corrected chi connectivity index (χ2v) is 4.64. The van der Waals surface area contributed by atoms with Gasteiger partial charge in [0.05, 0.1) is 0 Å². The van der Waals surface area contributed by atoms with E-state index < -0.39 is 29.7 Å². The summed E-state index contributed by atoms with van der Waals surface area (Å²) in [6, 6.07) is 0. The molecule has 7 nitrogen and oxygen atoms in total. The van der Waals surface area contributed by atoms with Gasteiger partial charge in [-0.1, -0.05) is 0 Å². The molecule has 20 heavy (non-hydrogen) atoms. The maximum atomic E-state index is 14.4. The van der Waals surface area contributed by atoms with Crippen LogP contribution in [0.3, 0.4) is 0 Å². The Balaban J connectivity index is 2.47. The fourth-order valence-corrected chi connectivity index (χ4v) is 2.11. The Morgan fingerprint density at radius 3 is 2.70 bits per heavy atom. The number of aromatic carboxylic acids is 1. The van der Waals surface area contributed by atoms with Crippen LogP contribution < -0.4 is 4.90 Å². The molecule has 1 unspecified atom stereocenters. The quantitative estimate of drug-likeness (QED) is 0.907. The molecule has 1 saturated heterocycles. The van der Waals surface area contributed by atoms with Gasteiger partial charge in [0, 0.05) is 20.6 Å². The molecule has 0 aromatic carbocycles. The molecule has 2 heterocycles. The van der Waals surface area contributed by atoms with Crippen LogP contribution in [0.1, 0.15) is 42.9 Å².